The molecule has 0 radical (unpaired) electrons. The second kappa shape index (κ2) is 7.92. The molecule has 0 bridgehead atoms. The van der Waals surface area contributed by atoms with Gasteiger partial charge < -0.3 is 9.88 Å². The van der Waals surface area contributed by atoms with E-state index in [2.05, 4.69) is 36.8 Å². The second-order valence-corrected chi connectivity index (χ2v) is 9.06. The van der Waals surface area contributed by atoms with Gasteiger partial charge in [0.2, 0.25) is 5.91 Å². The number of H-pyrrole nitrogens is 1. The number of carbonyl (C=O) groups is 1. The maximum absolute atomic E-state index is 13.3. The van der Waals surface area contributed by atoms with E-state index in [1.165, 1.54) is 12.8 Å². The lowest BCUT2D eigenvalue weighted by Crippen LogP contribution is -2.38. The van der Waals surface area contributed by atoms with Gasteiger partial charge in [-0.15, -0.1) is 0 Å². The van der Waals surface area contributed by atoms with Gasteiger partial charge in [-0.05, 0) is 56.1 Å². The van der Waals surface area contributed by atoms with Gasteiger partial charge in [0, 0.05) is 17.1 Å². The molecule has 2 atom stereocenters. The van der Waals surface area contributed by atoms with Crippen LogP contribution in [0.25, 0.3) is 11.0 Å². The Bertz CT molecular complexity index is 1010. The number of nitrogens with zero attached hydrogens (tertiary/aromatic N) is 3. The van der Waals surface area contributed by atoms with Crippen molar-refractivity contribution in [3.63, 3.8) is 0 Å². The van der Waals surface area contributed by atoms with E-state index in [1.807, 2.05) is 42.5 Å². The molecule has 1 N–H and O–H groups in total. The lowest BCUT2D eigenvalue weighted by Gasteiger charge is -2.24. The van der Waals surface area contributed by atoms with Crippen molar-refractivity contribution in [2.24, 2.45) is 0 Å². The number of aromatic amines is 1. The minimum Gasteiger partial charge on any atom is -0.340 e. The van der Waals surface area contributed by atoms with Crippen LogP contribution in [0.5, 0.6) is 0 Å². The predicted molar refractivity (Wildman–Crippen MR) is 118 cm³/mol. The molecule has 5 nitrogen and oxygen atoms in total. The van der Waals surface area contributed by atoms with Gasteiger partial charge >= 0.3 is 0 Å². The molecule has 3 heterocycles. The third-order valence-corrected chi connectivity index (χ3v) is 6.73. The molecule has 0 aliphatic carbocycles. The number of halogens is 1. The molecule has 0 unspecified atom stereocenters. The molecule has 1 amide bonds. The molecule has 6 heteroatoms. The van der Waals surface area contributed by atoms with Crippen molar-refractivity contribution in [2.45, 2.75) is 37.8 Å². The smallest absolute Gasteiger partial charge is 0.227 e. The Labute approximate surface area is 179 Å². The SMILES string of the molecule is O=C(Cc1ccccc1)N1C[C@@H](N2CCCC2)C[C@H]1c1nc2ccc(Br)cc2[nH]1. The lowest BCUT2D eigenvalue weighted by atomic mass is 10.1. The van der Waals surface area contributed by atoms with Crippen molar-refractivity contribution in [1.82, 2.24) is 19.8 Å². The van der Waals surface area contributed by atoms with E-state index in [1.54, 1.807) is 0 Å². The third-order valence-electron chi connectivity index (χ3n) is 6.23. The highest BCUT2D eigenvalue weighted by Gasteiger charge is 2.40. The first-order chi connectivity index (χ1) is 14.2. The highest BCUT2D eigenvalue weighted by atomic mass is 79.9. The summed E-state index contributed by atoms with van der Waals surface area (Å²) in [5, 5.41) is 0. The average molecular weight is 453 g/mol. The number of hydrogen-bond acceptors (Lipinski definition) is 3. The molecular formula is C23H25BrN4O. The van der Waals surface area contributed by atoms with Gasteiger partial charge in [0.15, 0.2) is 0 Å². The van der Waals surface area contributed by atoms with Crippen LogP contribution in [0.4, 0.5) is 0 Å². The average Bonchev–Trinajstić information content (AvgIpc) is 3.46. The highest BCUT2D eigenvalue weighted by molar-refractivity contribution is 9.10. The largest absolute Gasteiger partial charge is 0.340 e. The number of aromatic nitrogens is 2. The summed E-state index contributed by atoms with van der Waals surface area (Å²) in [6, 6.07) is 16.5. The number of fused-ring (bicyclic) bond motifs is 1. The molecule has 2 saturated heterocycles. The van der Waals surface area contributed by atoms with Gasteiger partial charge in [-0.3, -0.25) is 9.69 Å². The number of amides is 1. The summed E-state index contributed by atoms with van der Waals surface area (Å²) in [7, 11) is 0. The summed E-state index contributed by atoms with van der Waals surface area (Å²) in [6.45, 7) is 3.08. The van der Waals surface area contributed by atoms with Gasteiger partial charge in [-0.25, -0.2) is 4.98 Å². The molecule has 2 aliphatic heterocycles. The van der Waals surface area contributed by atoms with Gasteiger partial charge in [0.1, 0.15) is 5.82 Å². The van der Waals surface area contributed by atoms with E-state index in [0.29, 0.717) is 12.5 Å². The third kappa shape index (κ3) is 3.83. The minimum absolute atomic E-state index is 0.00277. The molecule has 0 spiro atoms. The molecule has 150 valence electrons. The molecule has 3 aromatic rings. The normalized spacial score (nSPS) is 22.6. The van der Waals surface area contributed by atoms with Crippen LogP contribution < -0.4 is 0 Å². The Morgan fingerprint density at radius 2 is 1.93 bits per heavy atom. The van der Waals surface area contributed by atoms with E-state index in [0.717, 1.165) is 52.9 Å². The minimum atomic E-state index is 0.00277. The molecule has 2 aliphatic rings. The Morgan fingerprint density at radius 3 is 2.72 bits per heavy atom. The highest BCUT2D eigenvalue weighted by Crippen LogP contribution is 2.35. The predicted octanol–water partition coefficient (Wildman–Crippen LogP) is 4.31. The maximum Gasteiger partial charge on any atom is 0.227 e. The fraction of sp³-hybridized carbons (Fsp3) is 0.391. The summed E-state index contributed by atoms with van der Waals surface area (Å²) in [4.78, 5) is 26.2. The summed E-state index contributed by atoms with van der Waals surface area (Å²) < 4.78 is 1.03. The van der Waals surface area contributed by atoms with E-state index in [4.69, 9.17) is 4.98 Å². The van der Waals surface area contributed by atoms with E-state index >= 15 is 0 Å². The van der Waals surface area contributed by atoms with Crippen LogP contribution in [-0.2, 0) is 11.2 Å². The Kier molecular flexibility index (Phi) is 5.14. The van der Waals surface area contributed by atoms with E-state index in [9.17, 15) is 4.79 Å². The van der Waals surface area contributed by atoms with Crippen LogP contribution >= 0.6 is 15.9 Å². The number of carbonyl (C=O) groups excluding carboxylic acids is 1. The Balaban J connectivity index is 1.44. The molecule has 2 fully saturated rings. The molecule has 2 aromatic carbocycles. The molecule has 1 aromatic heterocycles. The first-order valence-electron chi connectivity index (χ1n) is 10.4. The summed E-state index contributed by atoms with van der Waals surface area (Å²) in [5.74, 6) is 1.09. The summed E-state index contributed by atoms with van der Waals surface area (Å²) in [5.41, 5.74) is 3.02. The van der Waals surface area contributed by atoms with E-state index in [-0.39, 0.29) is 11.9 Å². The van der Waals surface area contributed by atoms with Crippen molar-refractivity contribution < 1.29 is 4.79 Å². The number of rotatable bonds is 4. The fourth-order valence-corrected chi connectivity index (χ4v) is 5.11. The second-order valence-electron chi connectivity index (χ2n) is 8.14. The van der Waals surface area contributed by atoms with Crippen LogP contribution in [0.3, 0.4) is 0 Å². The Hall–Kier alpha value is -2.18. The first kappa shape index (κ1) is 18.8. The number of imidazole rings is 1. The maximum atomic E-state index is 13.3. The lowest BCUT2D eigenvalue weighted by molar-refractivity contribution is -0.131. The summed E-state index contributed by atoms with van der Waals surface area (Å²) >= 11 is 3.53. The molecular weight excluding hydrogens is 428 g/mol. The zero-order valence-corrected chi connectivity index (χ0v) is 17.9. The topological polar surface area (TPSA) is 52.2 Å². The first-order valence-corrected chi connectivity index (χ1v) is 11.2. The van der Waals surface area contributed by atoms with Crippen LogP contribution in [0.15, 0.2) is 53.0 Å². The van der Waals surface area contributed by atoms with Crippen molar-refractivity contribution in [1.29, 1.82) is 0 Å². The standard InChI is InChI=1S/C23H25BrN4O/c24-17-8-9-19-20(13-17)26-23(25-19)21-14-18(27-10-4-5-11-27)15-28(21)22(29)12-16-6-2-1-3-7-16/h1-3,6-9,13,18,21H,4-5,10-12,14-15H2,(H,25,26)/t18-,21-/m0/s1. The summed E-state index contributed by atoms with van der Waals surface area (Å²) in [6.07, 6.45) is 3.91. The van der Waals surface area contributed by atoms with Gasteiger partial charge in [0.05, 0.1) is 23.5 Å². The van der Waals surface area contributed by atoms with Gasteiger partial charge in [-0.2, -0.15) is 0 Å². The zero-order chi connectivity index (χ0) is 19.8. The zero-order valence-electron chi connectivity index (χ0n) is 16.4. The van der Waals surface area contributed by atoms with Crippen LogP contribution in [0, 0.1) is 0 Å². The molecule has 0 saturated carbocycles. The van der Waals surface area contributed by atoms with Crippen LogP contribution in [0.2, 0.25) is 0 Å². The quantitative estimate of drug-likeness (QED) is 0.641. The Morgan fingerprint density at radius 1 is 1.14 bits per heavy atom. The van der Waals surface area contributed by atoms with Crippen LogP contribution in [-0.4, -0.2) is 51.4 Å². The monoisotopic (exact) mass is 452 g/mol. The van der Waals surface area contributed by atoms with Gasteiger partial charge in [-0.1, -0.05) is 46.3 Å². The van der Waals surface area contributed by atoms with Crippen LogP contribution in [0.1, 0.15) is 36.7 Å². The number of nitrogens with one attached hydrogen (secondary N) is 1. The molecule has 5 rings (SSSR count). The number of benzene rings is 2. The van der Waals surface area contributed by atoms with Crippen molar-refractivity contribution in [3.8, 4) is 0 Å². The fourth-order valence-electron chi connectivity index (χ4n) is 4.75. The van der Waals surface area contributed by atoms with Crippen molar-refractivity contribution >= 4 is 32.9 Å². The van der Waals surface area contributed by atoms with Crippen molar-refractivity contribution in [2.75, 3.05) is 19.6 Å². The van der Waals surface area contributed by atoms with E-state index < -0.39 is 0 Å². The van der Waals surface area contributed by atoms with Crippen molar-refractivity contribution in [3.05, 3.63) is 64.4 Å². The number of likely N-dealkylation sites (tertiary alicyclic amines) is 2. The van der Waals surface area contributed by atoms with Gasteiger partial charge in [0.25, 0.3) is 0 Å². The molecule has 29 heavy (non-hydrogen) atoms. The number of hydrogen-bond donors (Lipinski definition) is 1.